The van der Waals surface area contributed by atoms with E-state index in [0.29, 0.717) is 0 Å². The van der Waals surface area contributed by atoms with Crippen molar-refractivity contribution in [2.24, 2.45) is 0 Å². The molecule has 1 nitrogen and oxygen atoms in total. The first-order valence-electron chi connectivity index (χ1n) is 5.53. The number of halogens is 3. The van der Waals surface area contributed by atoms with Crippen molar-refractivity contribution >= 4 is 38.9 Å². The summed E-state index contributed by atoms with van der Waals surface area (Å²) in [5.74, 6) is -0.386. The fraction of sp³-hybridized carbons (Fsp3) is 0.231. The molecule has 2 aromatic rings. The number of nitrogens with one attached hydrogen (secondary N) is 1. The summed E-state index contributed by atoms with van der Waals surface area (Å²) in [5.41, 5.74) is 1.99. The van der Waals surface area contributed by atoms with E-state index in [2.05, 4.69) is 26.6 Å². The van der Waals surface area contributed by atoms with Gasteiger partial charge in [-0.15, -0.1) is 0 Å². The molecule has 0 saturated carbocycles. The highest BCUT2D eigenvalue weighted by Crippen LogP contribution is 2.32. The Morgan fingerprint density at radius 1 is 1.44 bits per heavy atom. The van der Waals surface area contributed by atoms with Gasteiger partial charge in [0.15, 0.2) is 0 Å². The van der Waals surface area contributed by atoms with Crippen LogP contribution in [0.2, 0.25) is 5.02 Å². The molecule has 0 spiro atoms. The quantitative estimate of drug-likeness (QED) is 0.819. The maximum Gasteiger partial charge on any atom is 0.142 e. The first-order valence-corrected chi connectivity index (χ1v) is 7.64. The monoisotopic (exact) mass is 347 g/mol. The lowest BCUT2D eigenvalue weighted by Gasteiger charge is -2.18. The third kappa shape index (κ3) is 2.94. The fourth-order valence-corrected chi connectivity index (χ4v) is 3.47. The van der Waals surface area contributed by atoms with E-state index >= 15 is 0 Å². The molecule has 0 aliphatic rings. The second-order valence-corrected chi connectivity index (χ2v) is 5.84. The summed E-state index contributed by atoms with van der Waals surface area (Å²) in [4.78, 5) is 0. The molecule has 18 heavy (non-hydrogen) atoms. The molecule has 2 rings (SSSR count). The smallest absolute Gasteiger partial charge is 0.142 e. The predicted molar refractivity (Wildman–Crippen MR) is 78.9 cm³/mol. The van der Waals surface area contributed by atoms with Crippen molar-refractivity contribution in [1.29, 1.82) is 0 Å². The Labute approximate surface area is 123 Å². The first-order chi connectivity index (χ1) is 8.63. The second-order valence-electron chi connectivity index (χ2n) is 3.84. The van der Waals surface area contributed by atoms with Crippen LogP contribution < -0.4 is 5.32 Å². The zero-order chi connectivity index (χ0) is 13.1. The van der Waals surface area contributed by atoms with Gasteiger partial charge in [-0.3, -0.25) is 0 Å². The SMILES string of the molecule is CCNC(c1ccc(Cl)c(F)c1)c1cscc1Br. The molecule has 1 aromatic carbocycles. The van der Waals surface area contributed by atoms with Crippen LogP contribution in [0, 0.1) is 5.82 Å². The predicted octanol–water partition coefficient (Wildman–Crippen LogP) is 5.00. The number of benzene rings is 1. The van der Waals surface area contributed by atoms with Crippen molar-refractivity contribution < 1.29 is 4.39 Å². The zero-order valence-electron chi connectivity index (χ0n) is 9.71. The summed E-state index contributed by atoms with van der Waals surface area (Å²) in [6.07, 6.45) is 0. The van der Waals surface area contributed by atoms with Crippen molar-refractivity contribution in [3.8, 4) is 0 Å². The zero-order valence-corrected chi connectivity index (χ0v) is 12.9. The standard InChI is InChI=1S/C13H12BrClFNS/c1-2-17-13(9-6-18-7-10(9)14)8-3-4-11(15)12(16)5-8/h3-7,13,17H,2H2,1H3. The molecule has 0 radical (unpaired) electrons. The number of hydrogen-bond donors (Lipinski definition) is 1. The van der Waals surface area contributed by atoms with E-state index in [4.69, 9.17) is 11.6 Å². The Morgan fingerprint density at radius 2 is 2.22 bits per heavy atom. The molecule has 5 heteroatoms. The lowest BCUT2D eigenvalue weighted by Crippen LogP contribution is -2.22. The molecule has 1 atom stereocenters. The topological polar surface area (TPSA) is 12.0 Å². The van der Waals surface area contributed by atoms with Gasteiger partial charge in [0.1, 0.15) is 5.82 Å². The molecule has 0 aliphatic carbocycles. The van der Waals surface area contributed by atoms with Crippen molar-refractivity contribution in [3.63, 3.8) is 0 Å². The minimum atomic E-state index is -0.386. The molecule has 0 fully saturated rings. The van der Waals surface area contributed by atoms with Gasteiger partial charge in [0, 0.05) is 9.85 Å². The summed E-state index contributed by atoms with van der Waals surface area (Å²) in [6.45, 7) is 2.83. The summed E-state index contributed by atoms with van der Waals surface area (Å²) in [6, 6.07) is 4.90. The molecular formula is C13H12BrClFNS. The molecule has 1 heterocycles. The van der Waals surface area contributed by atoms with Crippen LogP contribution in [0.25, 0.3) is 0 Å². The minimum absolute atomic E-state index is 0.0256. The molecule has 1 aromatic heterocycles. The molecular weight excluding hydrogens is 337 g/mol. The molecule has 0 amide bonds. The van der Waals surface area contributed by atoms with Gasteiger partial charge in [0.2, 0.25) is 0 Å². The highest BCUT2D eigenvalue weighted by Gasteiger charge is 2.17. The van der Waals surface area contributed by atoms with Crippen LogP contribution in [-0.4, -0.2) is 6.54 Å². The van der Waals surface area contributed by atoms with E-state index in [1.807, 2.05) is 18.4 Å². The van der Waals surface area contributed by atoms with Gasteiger partial charge in [-0.1, -0.05) is 24.6 Å². The van der Waals surface area contributed by atoms with Gasteiger partial charge in [0.05, 0.1) is 11.1 Å². The molecule has 1 N–H and O–H groups in total. The minimum Gasteiger partial charge on any atom is -0.306 e. The van der Waals surface area contributed by atoms with Crippen molar-refractivity contribution in [1.82, 2.24) is 5.32 Å². The van der Waals surface area contributed by atoms with Gasteiger partial charge in [-0.2, -0.15) is 11.3 Å². The summed E-state index contributed by atoms with van der Waals surface area (Å²) < 4.78 is 14.6. The summed E-state index contributed by atoms with van der Waals surface area (Å²) in [5, 5.41) is 7.59. The summed E-state index contributed by atoms with van der Waals surface area (Å²) in [7, 11) is 0. The van der Waals surface area contributed by atoms with Crippen LogP contribution in [0.1, 0.15) is 24.1 Å². The van der Waals surface area contributed by atoms with Crippen LogP contribution in [0.3, 0.4) is 0 Å². The van der Waals surface area contributed by atoms with Gasteiger partial charge in [0.25, 0.3) is 0 Å². The number of rotatable bonds is 4. The summed E-state index contributed by atoms with van der Waals surface area (Å²) >= 11 is 10.8. The Morgan fingerprint density at radius 3 is 2.78 bits per heavy atom. The number of hydrogen-bond acceptors (Lipinski definition) is 2. The normalized spacial score (nSPS) is 12.7. The van der Waals surface area contributed by atoms with Gasteiger partial charge >= 0.3 is 0 Å². The maximum atomic E-state index is 13.6. The van der Waals surface area contributed by atoms with E-state index in [1.165, 1.54) is 6.07 Å². The molecule has 96 valence electrons. The molecule has 0 aliphatic heterocycles. The number of thiophene rings is 1. The Bertz CT molecular complexity index is 544. The van der Waals surface area contributed by atoms with E-state index in [0.717, 1.165) is 22.1 Å². The van der Waals surface area contributed by atoms with Crippen molar-refractivity contribution in [2.75, 3.05) is 6.54 Å². The Balaban J connectivity index is 2.41. The third-order valence-corrected chi connectivity index (χ3v) is 4.70. The molecule has 1 unspecified atom stereocenters. The fourth-order valence-electron chi connectivity index (χ4n) is 1.80. The molecule has 0 saturated heterocycles. The Kier molecular flexibility index (Phi) is 4.78. The van der Waals surface area contributed by atoms with Crippen LogP contribution in [0.15, 0.2) is 33.4 Å². The van der Waals surface area contributed by atoms with Crippen molar-refractivity contribution in [2.45, 2.75) is 13.0 Å². The highest BCUT2D eigenvalue weighted by molar-refractivity contribution is 9.10. The van der Waals surface area contributed by atoms with E-state index < -0.39 is 0 Å². The van der Waals surface area contributed by atoms with E-state index in [9.17, 15) is 4.39 Å². The van der Waals surface area contributed by atoms with E-state index in [-0.39, 0.29) is 16.9 Å². The van der Waals surface area contributed by atoms with Crippen LogP contribution in [-0.2, 0) is 0 Å². The third-order valence-electron chi connectivity index (χ3n) is 2.64. The van der Waals surface area contributed by atoms with Gasteiger partial charge < -0.3 is 5.32 Å². The van der Waals surface area contributed by atoms with E-state index in [1.54, 1.807) is 17.4 Å². The largest absolute Gasteiger partial charge is 0.306 e. The second kappa shape index (κ2) is 6.15. The molecule has 0 bridgehead atoms. The highest BCUT2D eigenvalue weighted by atomic mass is 79.9. The van der Waals surface area contributed by atoms with Crippen LogP contribution in [0.4, 0.5) is 4.39 Å². The maximum absolute atomic E-state index is 13.6. The lowest BCUT2D eigenvalue weighted by atomic mass is 10.0. The van der Waals surface area contributed by atoms with Gasteiger partial charge in [-0.05, 0) is 51.1 Å². The van der Waals surface area contributed by atoms with Crippen molar-refractivity contribution in [3.05, 3.63) is 55.4 Å². The van der Waals surface area contributed by atoms with Crippen LogP contribution >= 0.6 is 38.9 Å². The average molecular weight is 349 g/mol. The lowest BCUT2D eigenvalue weighted by molar-refractivity contribution is 0.603. The first kappa shape index (κ1) is 14.0. The average Bonchev–Trinajstić information content (AvgIpc) is 2.76. The van der Waals surface area contributed by atoms with Gasteiger partial charge in [-0.25, -0.2) is 4.39 Å². The Hall–Kier alpha value is -0.420. The van der Waals surface area contributed by atoms with Crippen LogP contribution in [0.5, 0.6) is 0 Å².